The fourth-order valence-electron chi connectivity index (χ4n) is 3.09. The lowest BCUT2D eigenvalue weighted by Crippen LogP contribution is -2.55. The molecular formula is C16H22F3N. The SMILES string of the molecule is CCCNC1CC(c2cccc(C(F)(F)F)c2)C1(C)C. The van der Waals surface area contributed by atoms with Crippen molar-refractivity contribution in [3.63, 3.8) is 0 Å². The predicted molar refractivity (Wildman–Crippen MR) is 74.7 cm³/mol. The van der Waals surface area contributed by atoms with Gasteiger partial charge in [-0.2, -0.15) is 13.2 Å². The highest BCUT2D eigenvalue weighted by molar-refractivity contribution is 5.32. The number of halogens is 3. The lowest BCUT2D eigenvalue weighted by atomic mass is 9.56. The van der Waals surface area contributed by atoms with Crippen LogP contribution < -0.4 is 5.32 Å². The summed E-state index contributed by atoms with van der Waals surface area (Å²) in [5.74, 6) is 0.194. The van der Waals surface area contributed by atoms with E-state index >= 15 is 0 Å². The normalized spacial score (nSPS) is 25.3. The molecule has 0 spiro atoms. The van der Waals surface area contributed by atoms with E-state index in [1.165, 1.54) is 12.1 Å². The van der Waals surface area contributed by atoms with Gasteiger partial charge in [-0.1, -0.05) is 39.0 Å². The summed E-state index contributed by atoms with van der Waals surface area (Å²) in [6, 6.07) is 6.17. The summed E-state index contributed by atoms with van der Waals surface area (Å²) in [7, 11) is 0. The van der Waals surface area contributed by atoms with E-state index in [0.29, 0.717) is 6.04 Å². The van der Waals surface area contributed by atoms with Crippen molar-refractivity contribution in [2.45, 2.75) is 51.7 Å². The summed E-state index contributed by atoms with van der Waals surface area (Å²) in [5.41, 5.74) is 0.259. The third-order valence-electron chi connectivity index (χ3n) is 4.52. The standard InChI is InChI=1S/C16H22F3N/c1-4-8-20-14-10-13(15(14,2)3)11-6-5-7-12(9-11)16(17,18)19/h5-7,9,13-14,20H,4,8,10H2,1-3H3. The fourth-order valence-corrected chi connectivity index (χ4v) is 3.09. The third kappa shape index (κ3) is 2.85. The van der Waals surface area contributed by atoms with E-state index in [2.05, 4.69) is 26.1 Å². The first-order valence-corrected chi connectivity index (χ1v) is 7.17. The molecule has 0 radical (unpaired) electrons. The lowest BCUT2D eigenvalue weighted by molar-refractivity contribution is -0.137. The molecule has 20 heavy (non-hydrogen) atoms. The molecule has 2 unspecified atom stereocenters. The number of benzene rings is 1. The van der Waals surface area contributed by atoms with Gasteiger partial charge in [-0.3, -0.25) is 0 Å². The Bertz CT molecular complexity index is 465. The van der Waals surface area contributed by atoms with Crippen molar-refractivity contribution >= 4 is 0 Å². The van der Waals surface area contributed by atoms with Crippen LogP contribution in [0.1, 0.15) is 50.7 Å². The first kappa shape index (κ1) is 15.4. The molecule has 4 heteroatoms. The van der Waals surface area contributed by atoms with Gasteiger partial charge in [0, 0.05) is 6.04 Å². The van der Waals surface area contributed by atoms with Gasteiger partial charge in [-0.15, -0.1) is 0 Å². The number of rotatable bonds is 4. The third-order valence-corrected chi connectivity index (χ3v) is 4.52. The van der Waals surface area contributed by atoms with Crippen LogP contribution in [0.15, 0.2) is 24.3 Å². The first-order chi connectivity index (χ1) is 9.26. The van der Waals surface area contributed by atoms with E-state index in [0.717, 1.165) is 31.0 Å². The van der Waals surface area contributed by atoms with E-state index in [1.807, 2.05) is 6.07 Å². The molecule has 0 saturated heterocycles. The average Bonchev–Trinajstić information content (AvgIpc) is 2.37. The molecule has 0 heterocycles. The molecule has 2 rings (SSSR count). The molecule has 2 atom stereocenters. The Hall–Kier alpha value is -1.03. The van der Waals surface area contributed by atoms with Gasteiger partial charge in [0.1, 0.15) is 0 Å². The zero-order valence-electron chi connectivity index (χ0n) is 12.2. The quantitative estimate of drug-likeness (QED) is 0.853. The monoisotopic (exact) mass is 285 g/mol. The summed E-state index contributed by atoms with van der Waals surface area (Å²) in [5, 5.41) is 3.48. The number of hydrogen-bond acceptors (Lipinski definition) is 1. The molecule has 1 saturated carbocycles. The maximum absolute atomic E-state index is 12.8. The van der Waals surface area contributed by atoms with Crippen molar-refractivity contribution in [1.82, 2.24) is 5.32 Å². The highest BCUT2D eigenvalue weighted by atomic mass is 19.4. The Balaban J connectivity index is 2.14. The topological polar surface area (TPSA) is 12.0 Å². The van der Waals surface area contributed by atoms with Crippen LogP contribution in [0, 0.1) is 5.41 Å². The van der Waals surface area contributed by atoms with Crippen LogP contribution in [0.4, 0.5) is 13.2 Å². The van der Waals surface area contributed by atoms with Crippen molar-refractivity contribution < 1.29 is 13.2 Å². The van der Waals surface area contributed by atoms with Gasteiger partial charge in [0.25, 0.3) is 0 Å². The van der Waals surface area contributed by atoms with Crippen LogP contribution in [-0.2, 0) is 6.18 Å². The van der Waals surface area contributed by atoms with Crippen LogP contribution in [0.3, 0.4) is 0 Å². The highest BCUT2D eigenvalue weighted by Gasteiger charge is 2.48. The molecule has 0 bridgehead atoms. The zero-order chi connectivity index (χ0) is 15.0. The molecule has 1 aliphatic carbocycles. The highest BCUT2D eigenvalue weighted by Crippen LogP contribution is 2.52. The number of nitrogens with one attached hydrogen (secondary N) is 1. The van der Waals surface area contributed by atoms with Crippen molar-refractivity contribution in [3.05, 3.63) is 35.4 Å². The van der Waals surface area contributed by atoms with Crippen LogP contribution in [0.2, 0.25) is 0 Å². The summed E-state index contributed by atoms with van der Waals surface area (Å²) in [4.78, 5) is 0. The Kier molecular flexibility index (Phi) is 4.14. The van der Waals surface area contributed by atoms with Crippen molar-refractivity contribution in [3.8, 4) is 0 Å². The molecule has 1 aromatic rings. The molecule has 1 aliphatic rings. The van der Waals surface area contributed by atoms with Crippen molar-refractivity contribution in [2.75, 3.05) is 6.54 Å². The van der Waals surface area contributed by atoms with Gasteiger partial charge in [0.15, 0.2) is 0 Å². The largest absolute Gasteiger partial charge is 0.416 e. The lowest BCUT2D eigenvalue weighted by Gasteiger charge is -2.53. The molecular weight excluding hydrogens is 263 g/mol. The van der Waals surface area contributed by atoms with E-state index in [1.54, 1.807) is 0 Å². The van der Waals surface area contributed by atoms with E-state index in [4.69, 9.17) is 0 Å². The van der Waals surface area contributed by atoms with Crippen LogP contribution >= 0.6 is 0 Å². The maximum atomic E-state index is 12.8. The Morgan fingerprint density at radius 2 is 2.00 bits per heavy atom. The summed E-state index contributed by atoms with van der Waals surface area (Å²) in [6.45, 7) is 7.34. The smallest absolute Gasteiger partial charge is 0.313 e. The van der Waals surface area contributed by atoms with Gasteiger partial charge in [-0.25, -0.2) is 0 Å². The van der Waals surface area contributed by atoms with E-state index < -0.39 is 11.7 Å². The van der Waals surface area contributed by atoms with Crippen molar-refractivity contribution in [2.24, 2.45) is 5.41 Å². The maximum Gasteiger partial charge on any atom is 0.416 e. The molecule has 1 aromatic carbocycles. The summed E-state index contributed by atoms with van der Waals surface area (Å²) < 4.78 is 38.3. The van der Waals surface area contributed by atoms with Gasteiger partial charge in [0.2, 0.25) is 0 Å². The molecule has 0 aromatic heterocycles. The first-order valence-electron chi connectivity index (χ1n) is 7.17. The second-order valence-corrected chi connectivity index (χ2v) is 6.24. The molecule has 1 nitrogen and oxygen atoms in total. The van der Waals surface area contributed by atoms with Gasteiger partial charge >= 0.3 is 6.18 Å². The van der Waals surface area contributed by atoms with E-state index in [-0.39, 0.29) is 11.3 Å². The summed E-state index contributed by atoms with van der Waals surface area (Å²) in [6.07, 6.45) is -2.28. The van der Waals surface area contributed by atoms with Gasteiger partial charge in [0.05, 0.1) is 5.56 Å². The van der Waals surface area contributed by atoms with Gasteiger partial charge in [-0.05, 0) is 42.3 Å². The molecule has 0 amide bonds. The van der Waals surface area contributed by atoms with Crippen LogP contribution in [0.5, 0.6) is 0 Å². The Morgan fingerprint density at radius 3 is 2.55 bits per heavy atom. The minimum absolute atomic E-state index is 0.000603. The Labute approximate surface area is 118 Å². The molecule has 112 valence electrons. The van der Waals surface area contributed by atoms with Gasteiger partial charge < -0.3 is 5.32 Å². The van der Waals surface area contributed by atoms with Crippen LogP contribution in [0.25, 0.3) is 0 Å². The molecule has 1 fully saturated rings. The minimum Gasteiger partial charge on any atom is -0.313 e. The molecule has 1 N–H and O–H groups in total. The minimum atomic E-state index is -4.26. The zero-order valence-corrected chi connectivity index (χ0v) is 12.2. The average molecular weight is 285 g/mol. The molecule has 0 aliphatic heterocycles. The Morgan fingerprint density at radius 1 is 1.30 bits per heavy atom. The van der Waals surface area contributed by atoms with Crippen molar-refractivity contribution in [1.29, 1.82) is 0 Å². The number of alkyl halides is 3. The predicted octanol–water partition coefficient (Wildman–Crippen LogP) is 4.59. The second kappa shape index (κ2) is 5.40. The van der Waals surface area contributed by atoms with Crippen LogP contribution in [-0.4, -0.2) is 12.6 Å². The van der Waals surface area contributed by atoms with E-state index in [9.17, 15) is 13.2 Å². The summed E-state index contributed by atoms with van der Waals surface area (Å²) >= 11 is 0. The fraction of sp³-hybridized carbons (Fsp3) is 0.625. The number of hydrogen-bond donors (Lipinski definition) is 1. The second-order valence-electron chi connectivity index (χ2n) is 6.24.